The molecule has 0 bridgehead atoms. The number of carbonyl (C=O) groups excluding carboxylic acids is 2. The standard InChI is InChI=1S/C16H21ClN2O4/c17-13-3-1-12(2-4-13)15(20)11-14(16(21)22)18-5-6-19-7-9-23-10-8-19/h1-4,14,18H,5-11H2,(H,21,22)/p+1/t14-/m0/s1. The highest BCUT2D eigenvalue weighted by Crippen LogP contribution is 2.11. The first kappa shape index (κ1) is 17.9. The quantitative estimate of drug-likeness (QED) is 0.512. The minimum absolute atomic E-state index is 0.0809. The number of carboxylic acid groups (broad SMARTS) is 1. The fourth-order valence-corrected chi connectivity index (χ4v) is 2.74. The number of ether oxygens (including phenoxy) is 1. The molecule has 0 amide bonds. The number of aliphatic carboxylic acids is 1. The van der Waals surface area contributed by atoms with Gasteiger partial charge in [-0.25, -0.2) is 0 Å². The van der Waals surface area contributed by atoms with Crippen molar-refractivity contribution in [3.05, 3.63) is 34.9 Å². The first-order valence-electron chi connectivity index (χ1n) is 7.80. The molecule has 0 radical (unpaired) electrons. The van der Waals surface area contributed by atoms with Crippen molar-refractivity contribution >= 4 is 23.4 Å². The Bertz CT molecular complexity index is 529. The summed E-state index contributed by atoms with van der Waals surface area (Å²) in [5.74, 6) is -1.42. The lowest BCUT2D eigenvalue weighted by molar-refractivity contribution is -0.920. The van der Waals surface area contributed by atoms with Gasteiger partial charge in [-0.3, -0.25) is 4.79 Å². The van der Waals surface area contributed by atoms with Crippen molar-refractivity contribution in [1.82, 2.24) is 0 Å². The number of nitrogens with one attached hydrogen (secondary N) is 1. The Balaban J connectivity index is 1.81. The van der Waals surface area contributed by atoms with E-state index in [1.165, 1.54) is 4.90 Å². The Kier molecular flexibility index (Phi) is 6.98. The molecule has 1 atom stereocenters. The van der Waals surface area contributed by atoms with Gasteiger partial charge < -0.3 is 24.9 Å². The van der Waals surface area contributed by atoms with Crippen molar-refractivity contribution < 1.29 is 29.6 Å². The number of rotatable bonds is 8. The Morgan fingerprint density at radius 2 is 1.91 bits per heavy atom. The Morgan fingerprint density at radius 3 is 2.52 bits per heavy atom. The molecule has 1 fully saturated rings. The molecule has 0 unspecified atom stereocenters. The van der Waals surface area contributed by atoms with Gasteiger partial charge in [-0.1, -0.05) is 11.6 Å². The smallest absolute Gasteiger partial charge is 0.169 e. The maximum Gasteiger partial charge on any atom is 0.169 e. The molecule has 23 heavy (non-hydrogen) atoms. The van der Waals surface area contributed by atoms with Crippen LogP contribution in [0, 0.1) is 0 Å². The molecule has 1 aliphatic rings. The molecular weight excluding hydrogens is 320 g/mol. The van der Waals surface area contributed by atoms with Crippen molar-refractivity contribution in [3.8, 4) is 0 Å². The van der Waals surface area contributed by atoms with Crippen LogP contribution in [0.15, 0.2) is 24.3 Å². The highest BCUT2D eigenvalue weighted by Gasteiger charge is 2.21. The normalized spacial score (nSPS) is 16.9. The minimum Gasteiger partial charge on any atom is -0.544 e. The van der Waals surface area contributed by atoms with Crippen LogP contribution < -0.4 is 15.3 Å². The summed E-state index contributed by atoms with van der Waals surface area (Å²) in [5.41, 5.74) is 0.466. The topological polar surface area (TPSA) is 87.5 Å². The van der Waals surface area contributed by atoms with Gasteiger partial charge in [-0.15, -0.1) is 0 Å². The summed E-state index contributed by atoms with van der Waals surface area (Å²) in [5, 5.41) is 13.5. The fraction of sp³-hybridized carbons (Fsp3) is 0.500. The zero-order valence-electron chi connectivity index (χ0n) is 12.9. The highest BCUT2D eigenvalue weighted by atomic mass is 35.5. The van der Waals surface area contributed by atoms with E-state index < -0.39 is 12.0 Å². The molecule has 1 aliphatic heterocycles. The van der Waals surface area contributed by atoms with E-state index in [-0.39, 0.29) is 12.2 Å². The zero-order chi connectivity index (χ0) is 16.7. The lowest BCUT2D eigenvalue weighted by atomic mass is 10.0. The molecular formula is C16H22ClN2O4+. The average molecular weight is 342 g/mol. The molecule has 1 heterocycles. The number of halogens is 1. The number of nitrogens with two attached hydrogens (primary N) is 1. The van der Waals surface area contributed by atoms with Gasteiger partial charge in [0.25, 0.3) is 0 Å². The third-order valence-corrected chi connectivity index (χ3v) is 4.28. The van der Waals surface area contributed by atoms with E-state index in [0.717, 1.165) is 32.8 Å². The second-order valence-corrected chi connectivity index (χ2v) is 6.13. The van der Waals surface area contributed by atoms with Crippen molar-refractivity contribution in [2.45, 2.75) is 12.5 Å². The minimum atomic E-state index is -1.20. The summed E-state index contributed by atoms with van der Waals surface area (Å²) in [7, 11) is 0. The molecule has 1 saturated heterocycles. The number of carboxylic acids is 1. The number of quaternary nitrogens is 2. The molecule has 0 saturated carbocycles. The zero-order valence-corrected chi connectivity index (χ0v) is 13.7. The van der Waals surface area contributed by atoms with E-state index >= 15 is 0 Å². The molecule has 3 N–H and O–H groups in total. The van der Waals surface area contributed by atoms with E-state index in [4.69, 9.17) is 16.3 Å². The number of hydrogen-bond donors (Lipinski definition) is 2. The first-order valence-corrected chi connectivity index (χ1v) is 8.18. The lowest BCUT2D eigenvalue weighted by Gasteiger charge is -2.24. The van der Waals surface area contributed by atoms with Gasteiger partial charge in [0.15, 0.2) is 5.78 Å². The van der Waals surface area contributed by atoms with Crippen LogP contribution in [0.2, 0.25) is 5.02 Å². The SMILES string of the molecule is O=C(C[C@H]([NH2+]CC[NH+]1CCOCC1)C(=O)[O-])c1ccc(Cl)cc1. The van der Waals surface area contributed by atoms with Gasteiger partial charge in [-0.05, 0) is 24.3 Å². The molecule has 0 spiro atoms. The number of carbonyl (C=O) groups is 2. The van der Waals surface area contributed by atoms with Crippen molar-refractivity contribution in [1.29, 1.82) is 0 Å². The van der Waals surface area contributed by atoms with Gasteiger partial charge in [0.2, 0.25) is 0 Å². The van der Waals surface area contributed by atoms with Crippen LogP contribution >= 0.6 is 11.6 Å². The van der Waals surface area contributed by atoms with Crippen molar-refractivity contribution in [3.63, 3.8) is 0 Å². The van der Waals surface area contributed by atoms with Gasteiger partial charge in [0, 0.05) is 10.6 Å². The van der Waals surface area contributed by atoms with Crippen LogP contribution in [-0.4, -0.2) is 57.2 Å². The Labute approximate surface area is 140 Å². The number of benzene rings is 1. The van der Waals surface area contributed by atoms with Gasteiger partial charge in [-0.2, -0.15) is 0 Å². The molecule has 1 aromatic rings. The number of ketones is 1. The second kappa shape index (κ2) is 8.98. The van der Waals surface area contributed by atoms with E-state index in [9.17, 15) is 14.7 Å². The third kappa shape index (κ3) is 5.91. The second-order valence-electron chi connectivity index (χ2n) is 5.70. The molecule has 0 aromatic heterocycles. The van der Waals surface area contributed by atoms with E-state index in [2.05, 4.69) is 0 Å². The average Bonchev–Trinajstić information content (AvgIpc) is 2.55. The predicted octanol–water partition coefficient (Wildman–Crippen LogP) is -2.49. The van der Waals surface area contributed by atoms with Crippen molar-refractivity contribution in [2.75, 3.05) is 39.4 Å². The van der Waals surface area contributed by atoms with Gasteiger partial charge in [0.05, 0.1) is 25.6 Å². The van der Waals surface area contributed by atoms with Crippen molar-refractivity contribution in [2.24, 2.45) is 0 Å². The van der Waals surface area contributed by atoms with Crippen LogP contribution in [0.4, 0.5) is 0 Å². The van der Waals surface area contributed by atoms with Gasteiger partial charge >= 0.3 is 0 Å². The fourth-order valence-electron chi connectivity index (χ4n) is 2.61. The summed E-state index contributed by atoms with van der Waals surface area (Å²) in [4.78, 5) is 24.8. The summed E-state index contributed by atoms with van der Waals surface area (Å²) >= 11 is 5.78. The molecule has 1 aromatic carbocycles. The van der Waals surface area contributed by atoms with Crippen LogP contribution in [0.3, 0.4) is 0 Å². The highest BCUT2D eigenvalue weighted by molar-refractivity contribution is 6.30. The predicted molar refractivity (Wildman–Crippen MR) is 82.4 cm³/mol. The maximum atomic E-state index is 12.2. The number of morpholine rings is 1. The molecule has 126 valence electrons. The molecule has 0 aliphatic carbocycles. The largest absolute Gasteiger partial charge is 0.544 e. The van der Waals surface area contributed by atoms with Crippen LogP contribution in [0.1, 0.15) is 16.8 Å². The lowest BCUT2D eigenvalue weighted by Crippen LogP contribution is -3.16. The van der Waals surface area contributed by atoms with Gasteiger partial charge in [0.1, 0.15) is 32.2 Å². The third-order valence-electron chi connectivity index (χ3n) is 4.02. The Hall–Kier alpha value is -1.47. The van der Waals surface area contributed by atoms with E-state index in [1.54, 1.807) is 29.6 Å². The molecule has 2 rings (SSSR count). The van der Waals surface area contributed by atoms with E-state index in [0.29, 0.717) is 17.1 Å². The van der Waals surface area contributed by atoms with E-state index in [1.807, 2.05) is 0 Å². The first-order chi connectivity index (χ1) is 11.1. The maximum absolute atomic E-state index is 12.2. The monoisotopic (exact) mass is 341 g/mol. The number of hydrogen-bond acceptors (Lipinski definition) is 4. The van der Waals surface area contributed by atoms with Crippen LogP contribution in [-0.2, 0) is 9.53 Å². The van der Waals surface area contributed by atoms with Crippen LogP contribution in [0.25, 0.3) is 0 Å². The molecule has 6 nitrogen and oxygen atoms in total. The Morgan fingerprint density at radius 1 is 1.26 bits per heavy atom. The van der Waals surface area contributed by atoms with Crippen LogP contribution in [0.5, 0.6) is 0 Å². The summed E-state index contributed by atoms with van der Waals surface area (Å²) in [6.45, 7) is 4.85. The summed E-state index contributed by atoms with van der Waals surface area (Å²) < 4.78 is 5.29. The molecule has 7 heteroatoms. The summed E-state index contributed by atoms with van der Waals surface area (Å²) in [6.07, 6.45) is -0.0809. The summed E-state index contributed by atoms with van der Waals surface area (Å²) in [6, 6.07) is 5.59. The number of Topliss-reactive ketones (excluding diaryl/α,β-unsaturated/α-hetero) is 1.